The Labute approximate surface area is 104 Å². The quantitative estimate of drug-likeness (QED) is 0.611. The van der Waals surface area contributed by atoms with Crippen LogP contribution in [0, 0.1) is 16.0 Å². The van der Waals surface area contributed by atoms with Gasteiger partial charge in [-0.2, -0.15) is 0 Å². The van der Waals surface area contributed by atoms with Crippen molar-refractivity contribution in [2.45, 2.75) is 12.8 Å². The van der Waals surface area contributed by atoms with Gasteiger partial charge >= 0.3 is 0 Å². The van der Waals surface area contributed by atoms with E-state index < -0.39 is 4.92 Å². The van der Waals surface area contributed by atoms with Crippen LogP contribution in [0.25, 0.3) is 0 Å². The smallest absolute Gasteiger partial charge is 0.287 e. The number of hydrogen-bond donors (Lipinski definition) is 2. The van der Waals surface area contributed by atoms with Crippen molar-refractivity contribution in [3.63, 3.8) is 0 Å². The van der Waals surface area contributed by atoms with Gasteiger partial charge in [0.1, 0.15) is 5.69 Å². The van der Waals surface area contributed by atoms with Gasteiger partial charge in [-0.25, -0.2) is 0 Å². The molecule has 2 heterocycles. The number of hydrogen-bond acceptors (Lipinski definition) is 4. The van der Waals surface area contributed by atoms with Gasteiger partial charge in [-0.3, -0.25) is 14.9 Å². The molecular weight excluding hydrogens is 238 g/mol. The molecule has 7 heteroatoms. The first kappa shape index (κ1) is 12.6. The zero-order valence-corrected chi connectivity index (χ0v) is 9.83. The van der Waals surface area contributed by atoms with Crippen LogP contribution in [0.15, 0.2) is 12.3 Å². The Morgan fingerprint density at radius 1 is 1.67 bits per heavy atom. The highest BCUT2D eigenvalue weighted by Gasteiger charge is 2.28. The highest BCUT2D eigenvalue weighted by atomic mass is 16.6. The van der Waals surface area contributed by atoms with Crippen LogP contribution < -0.4 is 0 Å². The van der Waals surface area contributed by atoms with E-state index in [1.165, 1.54) is 12.3 Å². The van der Waals surface area contributed by atoms with Gasteiger partial charge < -0.3 is 15.0 Å². The third-order valence-corrected chi connectivity index (χ3v) is 3.22. The fraction of sp³-hybridized carbons (Fsp3) is 0.545. The van der Waals surface area contributed by atoms with E-state index in [0.29, 0.717) is 25.4 Å². The molecule has 1 amide bonds. The van der Waals surface area contributed by atoms with Gasteiger partial charge in [-0.1, -0.05) is 0 Å². The Morgan fingerprint density at radius 2 is 2.44 bits per heavy atom. The summed E-state index contributed by atoms with van der Waals surface area (Å²) in [5.41, 5.74) is 0.135. The van der Waals surface area contributed by atoms with E-state index in [1.807, 2.05) is 0 Å². The minimum absolute atomic E-state index is 0.107. The Bertz CT molecular complexity index is 457. The van der Waals surface area contributed by atoms with Crippen molar-refractivity contribution in [3.05, 3.63) is 28.1 Å². The van der Waals surface area contributed by atoms with Crippen molar-refractivity contribution in [1.29, 1.82) is 0 Å². The number of carbonyl (C=O) groups excluding carboxylic acids is 1. The molecule has 0 saturated carbocycles. The number of nitrogens with one attached hydrogen (secondary N) is 1. The average molecular weight is 253 g/mol. The Hall–Kier alpha value is -1.89. The normalized spacial score (nSPS) is 19.2. The van der Waals surface area contributed by atoms with E-state index >= 15 is 0 Å². The number of likely N-dealkylation sites (tertiary alicyclic amines) is 1. The van der Waals surface area contributed by atoms with Gasteiger partial charge in [0.2, 0.25) is 0 Å². The van der Waals surface area contributed by atoms with Crippen molar-refractivity contribution in [2.24, 2.45) is 5.92 Å². The SMILES string of the molecule is O=C(c1cc([N+](=O)[O-])c[nH]1)N1CCC(CCO)C1. The molecule has 1 saturated heterocycles. The lowest BCUT2D eigenvalue weighted by Gasteiger charge is -2.15. The van der Waals surface area contributed by atoms with Gasteiger partial charge in [0.05, 0.1) is 11.1 Å². The van der Waals surface area contributed by atoms with Crippen LogP contribution in [0.5, 0.6) is 0 Å². The Balaban J connectivity index is 2.01. The highest BCUT2D eigenvalue weighted by molar-refractivity contribution is 5.93. The summed E-state index contributed by atoms with van der Waals surface area (Å²) in [7, 11) is 0. The number of aromatic amines is 1. The third-order valence-electron chi connectivity index (χ3n) is 3.22. The number of nitrogens with zero attached hydrogens (tertiary/aromatic N) is 2. The summed E-state index contributed by atoms with van der Waals surface area (Å²) >= 11 is 0. The van der Waals surface area contributed by atoms with Crippen LogP contribution in [0.4, 0.5) is 5.69 Å². The van der Waals surface area contributed by atoms with Gasteiger partial charge in [-0.05, 0) is 18.8 Å². The molecule has 0 radical (unpaired) electrons. The molecule has 0 aromatic carbocycles. The molecule has 18 heavy (non-hydrogen) atoms. The Kier molecular flexibility index (Phi) is 3.61. The minimum Gasteiger partial charge on any atom is -0.396 e. The summed E-state index contributed by atoms with van der Waals surface area (Å²) in [6.45, 7) is 1.36. The largest absolute Gasteiger partial charge is 0.396 e. The lowest BCUT2D eigenvalue weighted by Crippen LogP contribution is -2.29. The van der Waals surface area contributed by atoms with Crippen molar-refractivity contribution >= 4 is 11.6 Å². The second kappa shape index (κ2) is 5.18. The zero-order chi connectivity index (χ0) is 13.1. The number of rotatable bonds is 4. The maximum Gasteiger partial charge on any atom is 0.287 e. The summed E-state index contributed by atoms with van der Waals surface area (Å²) in [5, 5.41) is 19.4. The van der Waals surface area contributed by atoms with E-state index in [4.69, 9.17) is 5.11 Å². The topological polar surface area (TPSA) is 99.5 Å². The first-order valence-corrected chi connectivity index (χ1v) is 5.84. The van der Waals surface area contributed by atoms with Crippen LogP contribution >= 0.6 is 0 Å². The van der Waals surface area contributed by atoms with Gasteiger partial charge in [-0.15, -0.1) is 0 Å². The number of carbonyl (C=O) groups is 1. The molecule has 0 aliphatic carbocycles. The van der Waals surface area contributed by atoms with Crippen LogP contribution in [0.3, 0.4) is 0 Å². The van der Waals surface area contributed by atoms with Crippen LogP contribution in [0.1, 0.15) is 23.3 Å². The molecule has 98 valence electrons. The molecule has 0 spiro atoms. The van der Waals surface area contributed by atoms with Crippen LogP contribution in [0.2, 0.25) is 0 Å². The van der Waals surface area contributed by atoms with Gasteiger partial charge in [0.25, 0.3) is 11.6 Å². The molecule has 1 atom stereocenters. The summed E-state index contributed by atoms with van der Waals surface area (Å²) < 4.78 is 0. The minimum atomic E-state index is -0.536. The van der Waals surface area contributed by atoms with E-state index in [0.717, 1.165) is 6.42 Å². The van der Waals surface area contributed by atoms with E-state index in [-0.39, 0.29) is 23.9 Å². The molecule has 0 bridgehead atoms. The number of aromatic nitrogens is 1. The lowest BCUT2D eigenvalue weighted by molar-refractivity contribution is -0.384. The molecule has 1 aliphatic heterocycles. The monoisotopic (exact) mass is 253 g/mol. The van der Waals surface area contributed by atoms with E-state index in [9.17, 15) is 14.9 Å². The van der Waals surface area contributed by atoms with Crippen molar-refractivity contribution in [1.82, 2.24) is 9.88 Å². The predicted octanol–water partition coefficient (Wildman–Crippen LogP) is 0.767. The van der Waals surface area contributed by atoms with E-state index in [2.05, 4.69) is 4.98 Å². The van der Waals surface area contributed by atoms with E-state index in [1.54, 1.807) is 4.90 Å². The summed E-state index contributed by atoms with van der Waals surface area (Å²) in [5.74, 6) is 0.104. The zero-order valence-electron chi connectivity index (χ0n) is 9.83. The number of H-pyrrole nitrogens is 1. The number of aliphatic hydroxyl groups is 1. The summed E-state index contributed by atoms with van der Waals surface area (Å²) in [6.07, 6.45) is 2.78. The molecule has 1 aromatic heterocycles. The highest BCUT2D eigenvalue weighted by Crippen LogP contribution is 2.22. The molecule has 1 fully saturated rings. The molecular formula is C11H15N3O4. The summed E-state index contributed by atoms with van der Waals surface area (Å²) in [4.78, 5) is 26.3. The number of amides is 1. The standard InChI is InChI=1S/C11H15N3O4/c15-4-2-8-1-3-13(7-8)11(16)10-5-9(6-12-10)14(17)18/h5-6,8,12,15H,1-4,7H2. The van der Waals surface area contributed by atoms with Gasteiger partial charge in [0, 0.05) is 25.8 Å². The van der Waals surface area contributed by atoms with Gasteiger partial charge in [0.15, 0.2) is 0 Å². The molecule has 1 unspecified atom stereocenters. The van der Waals surface area contributed by atoms with Crippen LogP contribution in [-0.2, 0) is 0 Å². The third kappa shape index (κ3) is 2.51. The van der Waals surface area contributed by atoms with Crippen molar-refractivity contribution in [2.75, 3.05) is 19.7 Å². The lowest BCUT2D eigenvalue weighted by atomic mass is 10.1. The average Bonchev–Trinajstić information content (AvgIpc) is 2.97. The molecule has 1 aliphatic rings. The fourth-order valence-electron chi connectivity index (χ4n) is 2.22. The maximum atomic E-state index is 12.0. The number of aliphatic hydroxyl groups excluding tert-OH is 1. The van der Waals surface area contributed by atoms with Crippen molar-refractivity contribution in [3.8, 4) is 0 Å². The predicted molar refractivity (Wildman–Crippen MR) is 63.2 cm³/mol. The second-order valence-electron chi connectivity index (χ2n) is 4.45. The molecule has 2 N–H and O–H groups in total. The Morgan fingerprint density at radius 3 is 3.06 bits per heavy atom. The summed E-state index contributed by atoms with van der Waals surface area (Å²) in [6, 6.07) is 1.25. The fourth-order valence-corrected chi connectivity index (χ4v) is 2.22. The molecule has 7 nitrogen and oxygen atoms in total. The van der Waals surface area contributed by atoms with Crippen molar-refractivity contribution < 1.29 is 14.8 Å². The maximum absolute atomic E-state index is 12.0. The first-order chi connectivity index (χ1) is 8.61. The van der Waals surface area contributed by atoms with Crippen LogP contribution in [-0.4, -0.2) is 45.5 Å². The second-order valence-corrected chi connectivity index (χ2v) is 4.45. The first-order valence-electron chi connectivity index (χ1n) is 5.84. The molecule has 1 aromatic rings. The molecule has 2 rings (SSSR count). The number of nitro groups is 1.